The van der Waals surface area contributed by atoms with Crippen LogP contribution < -0.4 is 16.0 Å². The summed E-state index contributed by atoms with van der Waals surface area (Å²) in [4.78, 5) is 30.8. The molecule has 1 aliphatic rings. The first-order chi connectivity index (χ1) is 13.1. The van der Waals surface area contributed by atoms with Gasteiger partial charge in [-0.05, 0) is 53.4 Å². The second-order valence-corrected chi connectivity index (χ2v) is 8.25. The summed E-state index contributed by atoms with van der Waals surface area (Å²) in [6.07, 6.45) is 3.19. The smallest absolute Gasteiger partial charge is 0.408 e. The van der Waals surface area contributed by atoms with Gasteiger partial charge >= 0.3 is 6.09 Å². The maximum absolute atomic E-state index is 12.3. The summed E-state index contributed by atoms with van der Waals surface area (Å²) in [6, 6.07) is 0. The highest BCUT2D eigenvalue weighted by molar-refractivity contribution is 14.0. The predicted molar refractivity (Wildman–Crippen MR) is 128 cm³/mol. The van der Waals surface area contributed by atoms with E-state index in [1.54, 1.807) is 0 Å². The van der Waals surface area contributed by atoms with Crippen LogP contribution in [0.5, 0.6) is 0 Å². The second-order valence-electron chi connectivity index (χ2n) is 8.25. The van der Waals surface area contributed by atoms with E-state index in [0.717, 1.165) is 38.8 Å². The Morgan fingerprint density at radius 1 is 1.03 bits per heavy atom. The Hall–Kier alpha value is -1.26. The minimum absolute atomic E-state index is 0. The third kappa shape index (κ3) is 10.4. The fraction of sp³-hybridized carbons (Fsp3) is 0.850. The summed E-state index contributed by atoms with van der Waals surface area (Å²) in [5.41, 5.74) is -1.01. The van der Waals surface area contributed by atoms with E-state index in [1.165, 1.54) is 0 Å². The van der Waals surface area contributed by atoms with Crippen LogP contribution in [0.4, 0.5) is 4.79 Å². The van der Waals surface area contributed by atoms with Crippen molar-refractivity contribution < 1.29 is 14.3 Å². The van der Waals surface area contributed by atoms with Gasteiger partial charge in [-0.1, -0.05) is 13.8 Å². The Bertz CT molecular complexity index is 539. The molecule has 170 valence electrons. The zero-order valence-corrected chi connectivity index (χ0v) is 21.2. The Labute approximate surface area is 193 Å². The van der Waals surface area contributed by atoms with Crippen LogP contribution >= 0.6 is 24.0 Å². The molecule has 1 rings (SSSR count). The zero-order chi connectivity index (χ0) is 21.2. The number of likely N-dealkylation sites (tertiary alicyclic amines) is 1. The van der Waals surface area contributed by atoms with Gasteiger partial charge in [0.1, 0.15) is 12.1 Å². The van der Waals surface area contributed by atoms with Crippen LogP contribution in [-0.4, -0.2) is 66.7 Å². The van der Waals surface area contributed by atoms with Crippen LogP contribution in [0.15, 0.2) is 4.99 Å². The SMILES string of the molecule is CCNC(=NCC(=O)N1CCCC1)NCC(CC)(CC)NC(=O)OC(C)(C)C.I. The highest BCUT2D eigenvalue weighted by Gasteiger charge is 2.30. The molecule has 0 aromatic heterocycles. The number of hydrogen-bond donors (Lipinski definition) is 3. The van der Waals surface area contributed by atoms with E-state index in [0.29, 0.717) is 19.0 Å². The van der Waals surface area contributed by atoms with Gasteiger partial charge in [0, 0.05) is 26.2 Å². The van der Waals surface area contributed by atoms with Gasteiger partial charge in [0.15, 0.2) is 5.96 Å². The van der Waals surface area contributed by atoms with Crippen LogP contribution in [0.2, 0.25) is 0 Å². The average Bonchev–Trinajstić information content (AvgIpc) is 3.15. The first kappa shape index (κ1) is 27.7. The number of carbonyl (C=O) groups excluding carboxylic acids is 2. The number of ether oxygens (including phenoxy) is 1. The molecular weight excluding hydrogens is 485 g/mol. The molecule has 1 fully saturated rings. The molecule has 0 spiro atoms. The molecule has 3 N–H and O–H groups in total. The molecule has 0 atom stereocenters. The van der Waals surface area contributed by atoms with Gasteiger partial charge in [-0.3, -0.25) is 4.79 Å². The Morgan fingerprint density at radius 2 is 1.62 bits per heavy atom. The standard InChI is InChI=1S/C20H39N5O3.HI/c1-7-20(8-2,24-18(27)28-19(4,5)6)15-23-17(21-9-3)22-14-16(26)25-12-10-11-13-25;/h7-15H2,1-6H3,(H,24,27)(H2,21,22,23);1H. The van der Waals surface area contributed by atoms with E-state index >= 15 is 0 Å². The number of halogens is 1. The number of guanidine groups is 1. The van der Waals surface area contributed by atoms with Crippen molar-refractivity contribution in [2.75, 3.05) is 32.7 Å². The van der Waals surface area contributed by atoms with Gasteiger partial charge in [0.2, 0.25) is 5.91 Å². The van der Waals surface area contributed by atoms with Gasteiger partial charge in [0.25, 0.3) is 0 Å². The summed E-state index contributed by atoms with van der Waals surface area (Å²) in [5, 5.41) is 9.45. The van der Waals surface area contributed by atoms with Crippen LogP contribution in [0.1, 0.15) is 67.2 Å². The maximum Gasteiger partial charge on any atom is 0.408 e. The molecule has 8 nitrogen and oxygen atoms in total. The van der Waals surface area contributed by atoms with Crippen LogP contribution in [0, 0.1) is 0 Å². The molecule has 0 radical (unpaired) electrons. The van der Waals surface area contributed by atoms with Crippen molar-refractivity contribution in [3.05, 3.63) is 0 Å². The molecule has 0 aromatic carbocycles. The summed E-state index contributed by atoms with van der Waals surface area (Å²) in [5.74, 6) is 0.631. The number of hydrogen-bond acceptors (Lipinski definition) is 4. The molecule has 9 heteroatoms. The van der Waals surface area contributed by atoms with E-state index in [4.69, 9.17) is 4.74 Å². The first-order valence-electron chi connectivity index (χ1n) is 10.5. The number of nitrogens with zero attached hydrogens (tertiary/aromatic N) is 2. The van der Waals surface area contributed by atoms with E-state index in [-0.39, 0.29) is 36.4 Å². The molecule has 1 saturated heterocycles. The molecule has 0 saturated carbocycles. The molecule has 0 bridgehead atoms. The number of rotatable bonds is 8. The van der Waals surface area contributed by atoms with Gasteiger partial charge in [0.05, 0.1) is 5.54 Å². The normalized spacial score (nSPS) is 14.8. The lowest BCUT2D eigenvalue weighted by Gasteiger charge is -2.34. The van der Waals surface area contributed by atoms with Crippen molar-refractivity contribution in [1.82, 2.24) is 20.9 Å². The molecule has 29 heavy (non-hydrogen) atoms. The van der Waals surface area contributed by atoms with E-state index < -0.39 is 17.2 Å². The molecule has 2 amide bonds. The lowest BCUT2D eigenvalue weighted by Crippen LogP contribution is -2.57. The molecule has 0 aliphatic carbocycles. The van der Waals surface area contributed by atoms with Crippen molar-refractivity contribution in [2.24, 2.45) is 4.99 Å². The quantitative estimate of drug-likeness (QED) is 0.258. The zero-order valence-electron chi connectivity index (χ0n) is 18.9. The van der Waals surface area contributed by atoms with E-state index in [1.807, 2.05) is 46.4 Å². The maximum atomic E-state index is 12.3. The fourth-order valence-corrected chi connectivity index (χ4v) is 3.05. The number of nitrogens with one attached hydrogen (secondary N) is 3. The molecule has 0 unspecified atom stereocenters. The Balaban J connectivity index is 0.00000784. The molecule has 1 aliphatic heterocycles. The molecule has 1 heterocycles. The summed E-state index contributed by atoms with van der Waals surface area (Å²) in [6.45, 7) is 14.5. The highest BCUT2D eigenvalue weighted by atomic mass is 127. The number of aliphatic imine (C=N–C) groups is 1. The minimum atomic E-state index is -0.545. The lowest BCUT2D eigenvalue weighted by atomic mass is 9.93. The Kier molecular flexibility index (Phi) is 12.6. The van der Waals surface area contributed by atoms with Crippen LogP contribution in [0.25, 0.3) is 0 Å². The summed E-state index contributed by atoms with van der Waals surface area (Å²) >= 11 is 0. The largest absolute Gasteiger partial charge is 0.444 e. The first-order valence-corrected chi connectivity index (χ1v) is 10.5. The predicted octanol–water partition coefficient (Wildman–Crippen LogP) is 2.87. The summed E-state index contributed by atoms with van der Waals surface area (Å²) in [7, 11) is 0. The van der Waals surface area contributed by atoms with E-state index in [2.05, 4.69) is 20.9 Å². The van der Waals surface area contributed by atoms with Gasteiger partial charge < -0.3 is 25.6 Å². The average molecular weight is 525 g/mol. The van der Waals surface area contributed by atoms with Crippen LogP contribution in [0.3, 0.4) is 0 Å². The van der Waals surface area contributed by atoms with Crippen molar-refractivity contribution in [3.8, 4) is 0 Å². The number of amides is 2. The monoisotopic (exact) mass is 525 g/mol. The number of carbonyl (C=O) groups is 2. The van der Waals surface area contributed by atoms with Gasteiger partial charge in [-0.2, -0.15) is 0 Å². The van der Waals surface area contributed by atoms with Crippen molar-refractivity contribution in [3.63, 3.8) is 0 Å². The molecular formula is C20H40IN5O3. The van der Waals surface area contributed by atoms with Crippen molar-refractivity contribution >= 4 is 41.9 Å². The van der Waals surface area contributed by atoms with Gasteiger partial charge in [-0.25, -0.2) is 9.79 Å². The lowest BCUT2D eigenvalue weighted by molar-refractivity contribution is -0.128. The third-order valence-corrected chi connectivity index (χ3v) is 4.89. The Morgan fingerprint density at radius 3 is 2.10 bits per heavy atom. The van der Waals surface area contributed by atoms with Gasteiger partial charge in [-0.15, -0.1) is 24.0 Å². The summed E-state index contributed by atoms with van der Waals surface area (Å²) < 4.78 is 5.41. The van der Waals surface area contributed by atoms with Crippen LogP contribution in [-0.2, 0) is 9.53 Å². The van der Waals surface area contributed by atoms with Crippen molar-refractivity contribution in [2.45, 2.75) is 78.4 Å². The van der Waals surface area contributed by atoms with Crippen molar-refractivity contribution in [1.29, 1.82) is 0 Å². The third-order valence-electron chi connectivity index (χ3n) is 4.89. The molecule has 0 aromatic rings. The second kappa shape index (κ2) is 13.1. The minimum Gasteiger partial charge on any atom is -0.444 e. The number of alkyl carbamates (subject to hydrolysis) is 1. The topological polar surface area (TPSA) is 95.1 Å². The highest BCUT2D eigenvalue weighted by Crippen LogP contribution is 2.16. The van der Waals surface area contributed by atoms with E-state index in [9.17, 15) is 9.59 Å². The fourth-order valence-electron chi connectivity index (χ4n) is 3.05.